The molecule has 0 aliphatic heterocycles. The smallest absolute Gasteiger partial charge is 0.178 e. The number of rotatable bonds is 7. The third-order valence-electron chi connectivity index (χ3n) is 3.19. The molecule has 1 N–H and O–H groups in total. The fraction of sp³-hybridized carbons (Fsp3) is 0.533. The molecule has 0 unspecified atom stereocenters. The number of hydrogen-bond donors (Lipinski definition) is 1. The van der Waals surface area contributed by atoms with E-state index >= 15 is 0 Å². The molecule has 116 valence electrons. The largest absolute Gasteiger partial charge is 0.493 e. The van der Waals surface area contributed by atoms with Gasteiger partial charge in [-0.3, -0.25) is 0 Å². The molecule has 6 heteroatoms. The quantitative estimate of drug-likeness (QED) is 0.629. The highest BCUT2D eigenvalue weighted by Gasteiger charge is 2.11. The Morgan fingerprint density at radius 1 is 1.19 bits per heavy atom. The summed E-state index contributed by atoms with van der Waals surface area (Å²) in [7, 11) is 3.25. The van der Waals surface area contributed by atoms with E-state index < -0.39 is 0 Å². The molecular formula is C15H22N2O3S. The van der Waals surface area contributed by atoms with Gasteiger partial charge in [0.05, 0.1) is 31.9 Å². The first-order valence-electron chi connectivity index (χ1n) is 6.99. The minimum Gasteiger partial charge on any atom is -0.493 e. The van der Waals surface area contributed by atoms with Gasteiger partial charge in [0.25, 0.3) is 0 Å². The van der Waals surface area contributed by atoms with E-state index in [1.165, 1.54) is 0 Å². The number of methoxy groups -OCH3 is 2. The van der Waals surface area contributed by atoms with Crippen LogP contribution in [0.25, 0.3) is 11.0 Å². The first-order valence-corrected chi connectivity index (χ1v) is 7.40. The number of imidazole rings is 1. The van der Waals surface area contributed by atoms with Crippen molar-refractivity contribution in [2.24, 2.45) is 5.92 Å². The number of fused-ring (bicyclic) bond motifs is 1. The van der Waals surface area contributed by atoms with Gasteiger partial charge in [0.15, 0.2) is 16.3 Å². The molecule has 0 atom stereocenters. The Morgan fingerprint density at radius 3 is 2.48 bits per heavy atom. The van der Waals surface area contributed by atoms with Crippen molar-refractivity contribution < 1.29 is 14.2 Å². The van der Waals surface area contributed by atoms with E-state index in [4.69, 9.17) is 26.4 Å². The molecular weight excluding hydrogens is 288 g/mol. The van der Waals surface area contributed by atoms with Crippen LogP contribution in [0.15, 0.2) is 12.1 Å². The van der Waals surface area contributed by atoms with Gasteiger partial charge in [-0.05, 0) is 18.1 Å². The van der Waals surface area contributed by atoms with Crippen molar-refractivity contribution in [1.82, 2.24) is 9.55 Å². The molecule has 2 aromatic rings. The first-order chi connectivity index (χ1) is 10.1. The summed E-state index contributed by atoms with van der Waals surface area (Å²) >= 11 is 5.38. The second kappa shape index (κ2) is 6.95. The Morgan fingerprint density at radius 2 is 1.86 bits per heavy atom. The maximum absolute atomic E-state index is 5.64. The maximum atomic E-state index is 5.64. The van der Waals surface area contributed by atoms with Crippen molar-refractivity contribution in [3.63, 3.8) is 0 Å². The maximum Gasteiger partial charge on any atom is 0.178 e. The zero-order valence-corrected chi connectivity index (χ0v) is 13.8. The predicted molar refractivity (Wildman–Crippen MR) is 85.9 cm³/mol. The number of nitrogens with one attached hydrogen (secondary N) is 1. The summed E-state index contributed by atoms with van der Waals surface area (Å²) in [5.74, 6) is 1.91. The lowest BCUT2D eigenvalue weighted by molar-refractivity contribution is 0.103. The lowest BCUT2D eigenvalue weighted by atomic mass is 10.2. The van der Waals surface area contributed by atoms with Crippen molar-refractivity contribution >= 4 is 23.3 Å². The van der Waals surface area contributed by atoms with Gasteiger partial charge in [0.1, 0.15) is 0 Å². The van der Waals surface area contributed by atoms with E-state index in [0.29, 0.717) is 35.3 Å². The summed E-state index contributed by atoms with van der Waals surface area (Å²) in [4.78, 5) is 3.19. The highest BCUT2D eigenvalue weighted by Crippen LogP contribution is 2.31. The van der Waals surface area contributed by atoms with E-state index in [-0.39, 0.29) is 0 Å². The van der Waals surface area contributed by atoms with Crippen LogP contribution < -0.4 is 9.47 Å². The van der Waals surface area contributed by atoms with Gasteiger partial charge in [-0.15, -0.1) is 0 Å². The summed E-state index contributed by atoms with van der Waals surface area (Å²) in [5, 5.41) is 0. The molecule has 0 bridgehead atoms. The Balaban J connectivity index is 2.27. The average molecular weight is 310 g/mol. The van der Waals surface area contributed by atoms with E-state index in [1.807, 2.05) is 16.7 Å². The van der Waals surface area contributed by atoms with Crippen LogP contribution in [-0.2, 0) is 11.3 Å². The van der Waals surface area contributed by atoms with Gasteiger partial charge < -0.3 is 23.8 Å². The second-order valence-electron chi connectivity index (χ2n) is 5.27. The summed E-state index contributed by atoms with van der Waals surface area (Å²) < 4.78 is 19.0. The number of benzene rings is 1. The summed E-state index contributed by atoms with van der Waals surface area (Å²) in [5.41, 5.74) is 1.92. The van der Waals surface area contributed by atoms with Crippen LogP contribution in [0.4, 0.5) is 0 Å². The molecule has 0 aliphatic carbocycles. The van der Waals surface area contributed by atoms with Crippen LogP contribution in [0.5, 0.6) is 11.5 Å². The van der Waals surface area contributed by atoms with Crippen molar-refractivity contribution in [2.75, 3.05) is 27.4 Å². The predicted octanol–water partition coefficient (Wildman–Crippen LogP) is 3.39. The number of aromatic nitrogens is 2. The molecule has 5 nitrogen and oxygen atoms in total. The van der Waals surface area contributed by atoms with Gasteiger partial charge in [-0.1, -0.05) is 13.8 Å². The van der Waals surface area contributed by atoms with Crippen LogP contribution >= 0.6 is 12.2 Å². The van der Waals surface area contributed by atoms with Crippen LogP contribution in [0.1, 0.15) is 13.8 Å². The van der Waals surface area contributed by atoms with Crippen LogP contribution in [0.2, 0.25) is 0 Å². The van der Waals surface area contributed by atoms with Gasteiger partial charge in [0, 0.05) is 25.3 Å². The lowest BCUT2D eigenvalue weighted by Crippen LogP contribution is -2.09. The third kappa shape index (κ3) is 3.57. The Kier molecular flexibility index (Phi) is 5.25. The van der Waals surface area contributed by atoms with Crippen LogP contribution in [0, 0.1) is 10.7 Å². The molecule has 0 spiro atoms. The van der Waals surface area contributed by atoms with Gasteiger partial charge >= 0.3 is 0 Å². The molecule has 0 radical (unpaired) electrons. The molecule has 0 amide bonds. The molecule has 1 heterocycles. The summed E-state index contributed by atoms with van der Waals surface area (Å²) in [6, 6.07) is 3.83. The number of H-pyrrole nitrogens is 1. The van der Waals surface area contributed by atoms with Crippen LogP contribution in [0.3, 0.4) is 0 Å². The van der Waals surface area contributed by atoms with Crippen molar-refractivity contribution in [3.8, 4) is 11.5 Å². The monoisotopic (exact) mass is 310 g/mol. The van der Waals surface area contributed by atoms with Crippen LogP contribution in [-0.4, -0.2) is 37.0 Å². The van der Waals surface area contributed by atoms with Crippen molar-refractivity contribution in [1.29, 1.82) is 0 Å². The highest BCUT2D eigenvalue weighted by atomic mass is 32.1. The fourth-order valence-corrected chi connectivity index (χ4v) is 2.48. The molecule has 1 aromatic carbocycles. The average Bonchev–Trinajstić information content (AvgIpc) is 2.76. The second-order valence-corrected chi connectivity index (χ2v) is 5.66. The fourth-order valence-electron chi connectivity index (χ4n) is 2.18. The first kappa shape index (κ1) is 15.9. The van der Waals surface area contributed by atoms with E-state index in [2.05, 4.69) is 18.8 Å². The molecule has 0 saturated heterocycles. The summed E-state index contributed by atoms with van der Waals surface area (Å²) in [6.45, 7) is 6.37. The zero-order chi connectivity index (χ0) is 15.4. The number of aromatic amines is 1. The Hall–Kier alpha value is -1.53. The molecule has 0 fully saturated rings. The lowest BCUT2D eigenvalue weighted by Gasteiger charge is -2.10. The Labute approximate surface area is 129 Å². The van der Waals surface area contributed by atoms with Gasteiger partial charge in [-0.25, -0.2) is 0 Å². The van der Waals surface area contributed by atoms with Crippen molar-refractivity contribution in [3.05, 3.63) is 16.9 Å². The normalized spacial score (nSPS) is 11.3. The molecule has 0 saturated carbocycles. The van der Waals surface area contributed by atoms with E-state index in [1.54, 1.807) is 14.2 Å². The zero-order valence-electron chi connectivity index (χ0n) is 12.9. The van der Waals surface area contributed by atoms with E-state index in [9.17, 15) is 0 Å². The summed E-state index contributed by atoms with van der Waals surface area (Å²) in [6.07, 6.45) is 0. The highest BCUT2D eigenvalue weighted by molar-refractivity contribution is 7.71. The minimum atomic E-state index is 0.533. The molecule has 1 aromatic heterocycles. The van der Waals surface area contributed by atoms with Gasteiger partial charge in [0.2, 0.25) is 0 Å². The van der Waals surface area contributed by atoms with E-state index in [0.717, 1.165) is 17.6 Å². The molecule has 2 rings (SSSR count). The molecule has 0 aliphatic rings. The standard InChI is InChI=1S/C15H22N2O3S/c1-10(2)9-20-6-5-17-12-8-14(19-4)13(18-3)7-11(12)16-15(17)21/h7-8,10H,5-6,9H2,1-4H3,(H,16,21). The Bertz CT molecular complexity index is 661. The minimum absolute atomic E-state index is 0.533. The number of ether oxygens (including phenoxy) is 3. The SMILES string of the molecule is COc1cc2[nH]c(=S)n(CCOCC(C)C)c2cc1OC. The topological polar surface area (TPSA) is 48.4 Å². The number of hydrogen-bond acceptors (Lipinski definition) is 4. The third-order valence-corrected chi connectivity index (χ3v) is 3.51. The molecule has 21 heavy (non-hydrogen) atoms. The number of nitrogens with zero attached hydrogens (tertiary/aromatic N) is 1. The van der Waals surface area contributed by atoms with Gasteiger partial charge in [-0.2, -0.15) is 0 Å². The van der Waals surface area contributed by atoms with Crippen molar-refractivity contribution in [2.45, 2.75) is 20.4 Å².